The van der Waals surface area contributed by atoms with Crippen molar-refractivity contribution in [1.29, 1.82) is 0 Å². The van der Waals surface area contributed by atoms with Gasteiger partial charge in [-0.1, -0.05) is 30.3 Å². The van der Waals surface area contributed by atoms with Gasteiger partial charge in [-0.25, -0.2) is 5.10 Å². The summed E-state index contributed by atoms with van der Waals surface area (Å²) in [6, 6.07) is 3.81. The lowest BCUT2D eigenvalue weighted by Crippen LogP contribution is -2.14. The first-order chi connectivity index (χ1) is 10.0. The van der Waals surface area contributed by atoms with E-state index in [-0.39, 0.29) is 22.2 Å². The van der Waals surface area contributed by atoms with Crippen molar-refractivity contribution in [2.24, 2.45) is 0 Å². The summed E-state index contributed by atoms with van der Waals surface area (Å²) in [7, 11) is 0. The van der Waals surface area contributed by atoms with Crippen LogP contribution in [0, 0.1) is 10.1 Å². The summed E-state index contributed by atoms with van der Waals surface area (Å²) in [6.07, 6.45) is 0. The molecule has 21 heavy (non-hydrogen) atoms. The van der Waals surface area contributed by atoms with Gasteiger partial charge in [0.2, 0.25) is 11.1 Å². The van der Waals surface area contributed by atoms with Gasteiger partial charge in [-0.05, 0) is 17.9 Å². The number of carbonyl (C=O) groups is 1. The summed E-state index contributed by atoms with van der Waals surface area (Å²) in [5, 5.41) is 20.5. The molecule has 0 fully saturated rings. The van der Waals surface area contributed by atoms with E-state index in [0.29, 0.717) is 5.16 Å². The van der Waals surface area contributed by atoms with Crippen molar-refractivity contribution in [1.82, 2.24) is 15.2 Å². The molecule has 0 aliphatic rings. The highest BCUT2D eigenvalue weighted by atomic mass is 35.5. The second-order valence-corrected chi connectivity index (χ2v) is 5.44. The highest BCUT2D eigenvalue weighted by Gasteiger charge is 2.21. The second-order valence-electron chi connectivity index (χ2n) is 3.77. The maximum atomic E-state index is 12.1. The number of nitro benzene ring substituents is 1. The molecule has 8 nitrogen and oxygen atoms in total. The molecule has 10 heteroatoms. The van der Waals surface area contributed by atoms with Crippen LogP contribution in [0.4, 0.5) is 11.6 Å². The quantitative estimate of drug-likeness (QED) is 0.496. The third-order valence-corrected chi connectivity index (χ3v) is 3.34. The number of thioether (sulfide) groups is 1. The molecule has 0 saturated carbocycles. The van der Waals surface area contributed by atoms with Gasteiger partial charge in [0.25, 0.3) is 11.6 Å². The van der Waals surface area contributed by atoms with Gasteiger partial charge >= 0.3 is 0 Å². The molecular formula is C11H10ClN5O3S. The standard InChI is InChI=1S/C11H10ClN5O3S/c1-2-21-11-14-10(15-16-11)13-9(18)7-4-3-6(12)5-8(7)17(19)20/h3-5H,2H2,1H3,(H2,13,14,15,16,18). The van der Waals surface area contributed by atoms with Crippen LogP contribution in [0.5, 0.6) is 0 Å². The van der Waals surface area contributed by atoms with Crippen LogP contribution >= 0.6 is 23.4 Å². The van der Waals surface area contributed by atoms with Crippen molar-refractivity contribution in [2.75, 3.05) is 11.1 Å². The van der Waals surface area contributed by atoms with Gasteiger partial charge in [-0.2, -0.15) is 4.98 Å². The van der Waals surface area contributed by atoms with Gasteiger partial charge in [-0.3, -0.25) is 20.2 Å². The van der Waals surface area contributed by atoms with E-state index in [1.165, 1.54) is 23.9 Å². The highest BCUT2D eigenvalue weighted by Crippen LogP contribution is 2.24. The van der Waals surface area contributed by atoms with Crippen molar-refractivity contribution < 1.29 is 9.72 Å². The Morgan fingerprint density at radius 3 is 3.00 bits per heavy atom. The lowest BCUT2D eigenvalue weighted by molar-refractivity contribution is -0.385. The van der Waals surface area contributed by atoms with Crippen molar-refractivity contribution in [3.63, 3.8) is 0 Å². The fourth-order valence-corrected chi connectivity index (χ4v) is 2.21. The molecule has 0 atom stereocenters. The summed E-state index contributed by atoms with van der Waals surface area (Å²) >= 11 is 7.10. The monoisotopic (exact) mass is 327 g/mol. The molecule has 0 saturated heterocycles. The fourth-order valence-electron chi connectivity index (χ4n) is 1.52. The number of aromatic amines is 1. The van der Waals surface area contributed by atoms with Crippen LogP contribution in [0.2, 0.25) is 5.02 Å². The average Bonchev–Trinajstić information content (AvgIpc) is 2.86. The molecule has 2 aromatic rings. The van der Waals surface area contributed by atoms with E-state index in [2.05, 4.69) is 20.5 Å². The predicted molar refractivity (Wildman–Crippen MR) is 78.8 cm³/mol. The maximum absolute atomic E-state index is 12.1. The van der Waals surface area contributed by atoms with Crippen LogP contribution < -0.4 is 5.32 Å². The predicted octanol–water partition coefficient (Wildman–Crippen LogP) is 2.73. The second kappa shape index (κ2) is 6.55. The van der Waals surface area contributed by atoms with E-state index in [1.54, 1.807) is 0 Å². The summed E-state index contributed by atoms with van der Waals surface area (Å²) in [4.78, 5) is 26.4. The third-order valence-electron chi connectivity index (χ3n) is 2.37. The first-order valence-corrected chi connectivity index (χ1v) is 7.18. The van der Waals surface area contributed by atoms with Crippen molar-refractivity contribution in [3.8, 4) is 0 Å². The molecule has 1 aromatic heterocycles. The number of hydrogen-bond acceptors (Lipinski definition) is 6. The molecule has 0 radical (unpaired) electrons. The number of anilines is 1. The minimum atomic E-state index is -0.667. The van der Waals surface area contributed by atoms with Crippen LogP contribution in [0.25, 0.3) is 0 Å². The average molecular weight is 328 g/mol. The Morgan fingerprint density at radius 1 is 1.57 bits per heavy atom. The number of rotatable bonds is 5. The van der Waals surface area contributed by atoms with Crippen molar-refractivity contribution in [2.45, 2.75) is 12.1 Å². The van der Waals surface area contributed by atoms with Gasteiger partial charge in [0.15, 0.2) is 0 Å². The fraction of sp³-hybridized carbons (Fsp3) is 0.182. The Bertz CT molecular complexity index is 690. The molecule has 110 valence electrons. The highest BCUT2D eigenvalue weighted by molar-refractivity contribution is 7.99. The Kier molecular flexibility index (Phi) is 4.76. The molecule has 0 unspecified atom stereocenters. The lowest BCUT2D eigenvalue weighted by atomic mass is 10.1. The third kappa shape index (κ3) is 3.70. The van der Waals surface area contributed by atoms with Crippen LogP contribution in [-0.4, -0.2) is 31.8 Å². The summed E-state index contributed by atoms with van der Waals surface area (Å²) in [5.74, 6) is 0.247. The number of nitrogens with one attached hydrogen (secondary N) is 2. The van der Waals surface area contributed by atoms with Crippen LogP contribution in [0.1, 0.15) is 17.3 Å². The Labute approximate surface area is 128 Å². The Morgan fingerprint density at radius 2 is 2.33 bits per heavy atom. The number of benzene rings is 1. The zero-order valence-electron chi connectivity index (χ0n) is 10.8. The minimum Gasteiger partial charge on any atom is -0.291 e. The zero-order valence-corrected chi connectivity index (χ0v) is 12.4. The largest absolute Gasteiger partial charge is 0.291 e. The molecule has 0 aliphatic carbocycles. The number of H-pyrrole nitrogens is 1. The Balaban J connectivity index is 2.21. The van der Waals surface area contributed by atoms with E-state index in [4.69, 9.17) is 11.6 Å². The van der Waals surface area contributed by atoms with Gasteiger partial charge in [0.05, 0.1) is 4.92 Å². The number of nitro groups is 1. The molecule has 2 rings (SSSR count). The summed E-state index contributed by atoms with van der Waals surface area (Å²) in [5.41, 5.74) is -0.479. The Hall–Kier alpha value is -2.13. The van der Waals surface area contributed by atoms with E-state index < -0.39 is 10.8 Å². The maximum Gasteiger partial charge on any atom is 0.283 e. The SMILES string of the molecule is CCSc1n[nH]c(NC(=O)c2ccc(Cl)cc2[N+](=O)[O-])n1. The summed E-state index contributed by atoms with van der Waals surface area (Å²) in [6.45, 7) is 1.94. The van der Waals surface area contributed by atoms with E-state index in [9.17, 15) is 14.9 Å². The lowest BCUT2D eigenvalue weighted by Gasteiger charge is -2.03. The number of carbonyl (C=O) groups excluding carboxylic acids is 1. The van der Waals surface area contributed by atoms with Crippen molar-refractivity contribution >= 4 is 40.9 Å². The molecule has 1 aromatic carbocycles. The van der Waals surface area contributed by atoms with E-state index in [1.807, 2.05) is 6.92 Å². The van der Waals surface area contributed by atoms with Gasteiger partial charge in [0.1, 0.15) is 5.56 Å². The van der Waals surface area contributed by atoms with E-state index in [0.717, 1.165) is 11.8 Å². The topological polar surface area (TPSA) is 114 Å². The zero-order chi connectivity index (χ0) is 15.4. The van der Waals surface area contributed by atoms with Crippen LogP contribution in [0.15, 0.2) is 23.4 Å². The number of nitrogens with zero attached hydrogens (tertiary/aromatic N) is 3. The number of hydrogen-bond donors (Lipinski definition) is 2. The molecule has 2 N–H and O–H groups in total. The summed E-state index contributed by atoms with van der Waals surface area (Å²) < 4.78 is 0. The van der Waals surface area contributed by atoms with Gasteiger partial charge in [-0.15, -0.1) is 5.10 Å². The molecule has 1 amide bonds. The van der Waals surface area contributed by atoms with Crippen molar-refractivity contribution in [3.05, 3.63) is 38.9 Å². The van der Waals surface area contributed by atoms with Crippen LogP contribution in [-0.2, 0) is 0 Å². The normalized spacial score (nSPS) is 10.4. The number of amides is 1. The number of halogens is 1. The van der Waals surface area contributed by atoms with E-state index >= 15 is 0 Å². The minimum absolute atomic E-state index is 0.106. The number of aromatic nitrogens is 3. The van der Waals surface area contributed by atoms with Gasteiger partial charge in [0, 0.05) is 11.1 Å². The van der Waals surface area contributed by atoms with Gasteiger partial charge < -0.3 is 0 Å². The molecular weight excluding hydrogens is 318 g/mol. The molecule has 0 bridgehead atoms. The molecule has 1 heterocycles. The first-order valence-electron chi connectivity index (χ1n) is 5.81. The molecule has 0 spiro atoms. The molecule has 0 aliphatic heterocycles. The first kappa shape index (κ1) is 15.3. The smallest absolute Gasteiger partial charge is 0.283 e. The van der Waals surface area contributed by atoms with Crippen LogP contribution in [0.3, 0.4) is 0 Å².